The minimum absolute atomic E-state index is 0.0575. The molecule has 1 aromatic heterocycles. The third-order valence-corrected chi connectivity index (χ3v) is 5.02. The first-order chi connectivity index (χ1) is 14.4. The third kappa shape index (κ3) is 4.75. The van der Waals surface area contributed by atoms with Crippen LogP contribution in [0, 0.1) is 6.92 Å². The number of carbonyl (C=O) groups is 2. The summed E-state index contributed by atoms with van der Waals surface area (Å²) in [6.07, 6.45) is 0.994. The molecule has 0 unspecified atom stereocenters. The van der Waals surface area contributed by atoms with Crippen molar-refractivity contribution in [3.05, 3.63) is 35.5 Å². The Hall–Kier alpha value is -3.03. The van der Waals surface area contributed by atoms with Crippen molar-refractivity contribution < 1.29 is 19.1 Å². The van der Waals surface area contributed by atoms with Crippen LogP contribution < -0.4 is 19.7 Å². The van der Waals surface area contributed by atoms with Gasteiger partial charge in [-0.1, -0.05) is 6.07 Å². The fraction of sp³-hybridized carbons (Fsp3) is 0.500. The number of hydrogen-bond acceptors (Lipinski definition) is 5. The molecule has 0 saturated heterocycles. The van der Waals surface area contributed by atoms with Gasteiger partial charge in [-0.3, -0.25) is 14.5 Å². The van der Waals surface area contributed by atoms with E-state index in [0.717, 1.165) is 17.0 Å². The molecular weight excluding hydrogens is 384 g/mol. The monoisotopic (exact) mass is 414 g/mol. The number of hydrogen-bond donors (Lipinski definition) is 1. The fourth-order valence-corrected chi connectivity index (χ4v) is 3.60. The molecule has 8 nitrogen and oxygen atoms in total. The smallest absolute Gasteiger partial charge is 0.242 e. The summed E-state index contributed by atoms with van der Waals surface area (Å²) < 4.78 is 13.0. The van der Waals surface area contributed by atoms with Crippen LogP contribution in [0.3, 0.4) is 0 Å². The van der Waals surface area contributed by atoms with Gasteiger partial charge in [0, 0.05) is 19.0 Å². The topological polar surface area (TPSA) is 85.7 Å². The maximum atomic E-state index is 12.7. The minimum atomic E-state index is -0.605. The molecule has 0 aliphatic carbocycles. The van der Waals surface area contributed by atoms with Crippen LogP contribution in [0.2, 0.25) is 0 Å². The van der Waals surface area contributed by atoms with Crippen molar-refractivity contribution >= 4 is 17.6 Å². The molecule has 30 heavy (non-hydrogen) atoms. The molecule has 2 amide bonds. The number of aromatic nitrogens is 2. The normalized spacial score (nSPS) is 14.3. The molecular formula is C22H30N4O4. The number of carbonyl (C=O) groups excluding carboxylic acids is 2. The second-order valence-corrected chi connectivity index (χ2v) is 7.24. The molecule has 0 saturated carbocycles. The van der Waals surface area contributed by atoms with E-state index in [-0.39, 0.29) is 11.8 Å². The number of amides is 2. The van der Waals surface area contributed by atoms with E-state index < -0.39 is 6.04 Å². The first-order valence-electron chi connectivity index (χ1n) is 10.5. The Labute approximate surface area is 177 Å². The lowest BCUT2D eigenvalue weighted by Crippen LogP contribution is -2.51. The van der Waals surface area contributed by atoms with Gasteiger partial charge in [0.1, 0.15) is 11.9 Å². The third-order valence-electron chi connectivity index (χ3n) is 5.02. The van der Waals surface area contributed by atoms with Crippen LogP contribution >= 0.6 is 0 Å². The molecule has 1 N–H and O–H groups in total. The van der Waals surface area contributed by atoms with Gasteiger partial charge in [-0.15, -0.1) is 0 Å². The molecule has 1 aromatic carbocycles. The Morgan fingerprint density at radius 1 is 1.20 bits per heavy atom. The molecule has 3 rings (SSSR count). The average Bonchev–Trinajstić information content (AvgIpc) is 3.09. The summed E-state index contributed by atoms with van der Waals surface area (Å²) in [5.41, 5.74) is 1.87. The van der Waals surface area contributed by atoms with Crippen LogP contribution in [0.5, 0.6) is 11.5 Å². The van der Waals surface area contributed by atoms with E-state index in [0.29, 0.717) is 50.7 Å². The van der Waals surface area contributed by atoms with Gasteiger partial charge < -0.3 is 14.8 Å². The van der Waals surface area contributed by atoms with Gasteiger partial charge in [-0.25, -0.2) is 4.68 Å². The zero-order valence-corrected chi connectivity index (χ0v) is 18.1. The van der Waals surface area contributed by atoms with Gasteiger partial charge >= 0.3 is 0 Å². The predicted octanol–water partition coefficient (Wildman–Crippen LogP) is 2.47. The van der Waals surface area contributed by atoms with Crippen LogP contribution in [0.15, 0.2) is 24.3 Å². The summed E-state index contributed by atoms with van der Waals surface area (Å²) in [5.74, 6) is 1.86. The Bertz CT molecular complexity index is 909. The van der Waals surface area contributed by atoms with E-state index in [9.17, 15) is 9.59 Å². The molecule has 2 aromatic rings. The van der Waals surface area contributed by atoms with Crippen molar-refractivity contribution in [3.63, 3.8) is 0 Å². The predicted molar refractivity (Wildman–Crippen MR) is 114 cm³/mol. The van der Waals surface area contributed by atoms with E-state index in [4.69, 9.17) is 9.47 Å². The van der Waals surface area contributed by atoms with Gasteiger partial charge in [-0.05, 0) is 51.8 Å². The van der Waals surface area contributed by atoms with Crippen LogP contribution in [-0.2, 0) is 22.6 Å². The van der Waals surface area contributed by atoms with Gasteiger partial charge in [0.2, 0.25) is 11.8 Å². The first kappa shape index (κ1) is 21.7. The van der Waals surface area contributed by atoms with Crippen LogP contribution in [-0.4, -0.2) is 47.4 Å². The lowest BCUT2D eigenvalue weighted by Gasteiger charge is -2.31. The fourth-order valence-electron chi connectivity index (χ4n) is 3.60. The standard InChI is InChI=1S/C22H30N4O4/c1-5-29-18-8-7-17(14-19(18)30-6-2)9-11-23-22(28)16(4)26-20-13-15(3)24-25(20)12-10-21(26)27/h7-8,13-14,16H,5-6,9-12H2,1-4H3,(H,23,28)/t16-/m1/s1. The summed E-state index contributed by atoms with van der Waals surface area (Å²) in [6.45, 7) is 9.62. The highest BCUT2D eigenvalue weighted by Gasteiger charge is 2.32. The van der Waals surface area contributed by atoms with E-state index >= 15 is 0 Å². The minimum Gasteiger partial charge on any atom is -0.490 e. The van der Waals surface area contributed by atoms with Crippen molar-refractivity contribution in [2.75, 3.05) is 24.7 Å². The van der Waals surface area contributed by atoms with Gasteiger partial charge in [0.25, 0.3) is 0 Å². The van der Waals surface area contributed by atoms with Gasteiger partial charge in [0.05, 0.1) is 25.5 Å². The van der Waals surface area contributed by atoms with E-state index in [1.807, 2.05) is 45.0 Å². The summed E-state index contributed by atoms with van der Waals surface area (Å²) in [7, 11) is 0. The number of nitrogens with one attached hydrogen (secondary N) is 1. The Balaban J connectivity index is 1.61. The van der Waals surface area contributed by atoms with Crippen molar-refractivity contribution in [3.8, 4) is 11.5 Å². The first-order valence-corrected chi connectivity index (χ1v) is 10.5. The molecule has 0 radical (unpaired) electrons. The molecule has 8 heteroatoms. The lowest BCUT2D eigenvalue weighted by atomic mass is 10.1. The number of aryl methyl sites for hydroxylation is 2. The molecule has 0 bridgehead atoms. The van der Waals surface area contributed by atoms with Crippen LogP contribution in [0.1, 0.15) is 38.4 Å². The number of nitrogens with zero attached hydrogens (tertiary/aromatic N) is 3. The van der Waals surface area contributed by atoms with Crippen molar-refractivity contribution in [1.82, 2.24) is 15.1 Å². The Kier molecular flexibility index (Phi) is 6.97. The van der Waals surface area contributed by atoms with E-state index in [1.165, 1.54) is 0 Å². The molecule has 1 aliphatic heterocycles. The quantitative estimate of drug-likeness (QED) is 0.681. The number of benzene rings is 1. The highest BCUT2D eigenvalue weighted by atomic mass is 16.5. The van der Waals surface area contributed by atoms with Crippen molar-refractivity contribution in [2.45, 2.75) is 53.1 Å². The lowest BCUT2D eigenvalue weighted by molar-refractivity contribution is -0.126. The molecule has 1 aliphatic rings. The second kappa shape index (κ2) is 9.65. The number of anilines is 1. The molecule has 0 fully saturated rings. The number of rotatable bonds is 9. The van der Waals surface area contributed by atoms with Gasteiger partial charge in [0.15, 0.2) is 11.5 Å². The number of fused-ring (bicyclic) bond motifs is 1. The zero-order valence-electron chi connectivity index (χ0n) is 18.1. The van der Waals surface area contributed by atoms with E-state index in [2.05, 4.69) is 10.4 Å². The maximum Gasteiger partial charge on any atom is 0.242 e. The molecule has 1 atom stereocenters. The van der Waals surface area contributed by atoms with Crippen LogP contribution in [0.4, 0.5) is 5.82 Å². The molecule has 0 spiro atoms. The summed E-state index contributed by atoms with van der Waals surface area (Å²) in [4.78, 5) is 26.7. The summed E-state index contributed by atoms with van der Waals surface area (Å²) in [5, 5.41) is 7.34. The molecule has 162 valence electrons. The maximum absolute atomic E-state index is 12.7. The van der Waals surface area contributed by atoms with Crippen molar-refractivity contribution in [1.29, 1.82) is 0 Å². The van der Waals surface area contributed by atoms with Crippen molar-refractivity contribution in [2.24, 2.45) is 0 Å². The Morgan fingerprint density at radius 3 is 2.67 bits per heavy atom. The number of ether oxygens (including phenoxy) is 2. The summed E-state index contributed by atoms with van der Waals surface area (Å²) >= 11 is 0. The SMILES string of the molecule is CCOc1ccc(CCNC(=O)[C@@H](C)N2C(=O)CCn3nc(C)cc32)cc1OCC. The Morgan fingerprint density at radius 2 is 1.93 bits per heavy atom. The highest BCUT2D eigenvalue weighted by molar-refractivity contribution is 6.00. The summed E-state index contributed by atoms with van der Waals surface area (Å²) in [6, 6.07) is 7.05. The average molecular weight is 415 g/mol. The zero-order chi connectivity index (χ0) is 21.7. The van der Waals surface area contributed by atoms with Gasteiger partial charge in [-0.2, -0.15) is 5.10 Å². The largest absolute Gasteiger partial charge is 0.490 e. The highest BCUT2D eigenvalue weighted by Crippen LogP contribution is 2.29. The molecule has 2 heterocycles. The van der Waals surface area contributed by atoms with Crippen LogP contribution in [0.25, 0.3) is 0 Å². The van der Waals surface area contributed by atoms with E-state index in [1.54, 1.807) is 16.5 Å². The second-order valence-electron chi connectivity index (χ2n) is 7.24.